The normalized spacial score (nSPS) is 10.2. The Kier molecular flexibility index (Phi) is 3.57. The van der Waals surface area contributed by atoms with Gasteiger partial charge in [0.25, 0.3) is 5.91 Å². The summed E-state index contributed by atoms with van der Waals surface area (Å²) in [5, 5.41) is 3.80. The Bertz CT molecular complexity index is 579. The number of nitrogens with one attached hydrogen (secondary N) is 2. The van der Waals surface area contributed by atoms with Crippen molar-refractivity contribution in [3.8, 4) is 0 Å². The van der Waals surface area contributed by atoms with Gasteiger partial charge in [-0.3, -0.25) is 15.6 Å². The second kappa shape index (κ2) is 5.14. The number of carbonyl (C=O) groups excluding carboxylic acids is 1. The number of benzene rings is 1. The highest BCUT2D eigenvalue weighted by molar-refractivity contribution is 7.08. The van der Waals surface area contributed by atoms with Gasteiger partial charge in [0.2, 0.25) is 0 Å². The number of nitrogens with zero attached hydrogens (tertiary/aromatic N) is 2. The molecule has 0 saturated heterocycles. The number of rotatable bonds is 3. The third-order valence-electron chi connectivity index (χ3n) is 2.55. The monoisotopic (exact) mass is 262 g/mol. The summed E-state index contributed by atoms with van der Waals surface area (Å²) in [6, 6.07) is 5.97. The summed E-state index contributed by atoms with van der Waals surface area (Å²) in [6.07, 6.45) is 0. The first-order valence-electron chi connectivity index (χ1n) is 5.50. The first kappa shape index (κ1) is 12.5. The van der Waals surface area contributed by atoms with E-state index in [9.17, 15) is 4.79 Å². The van der Waals surface area contributed by atoms with Gasteiger partial charge in [-0.1, -0.05) is 22.2 Å². The average molecular weight is 262 g/mol. The van der Waals surface area contributed by atoms with Crippen LogP contribution in [0.5, 0.6) is 0 Å². The van der Waals surface area contributed by atoms with Crippen molar-refractivity contribution in [2.75, 3.05) is 5.43 Å². The lowest BCUT2D eigenvalue weighted by molar-refractivity contribution is 0.0966. The molecule has 0 saturated carbocycles. The highest BCUT2D eigenvalue weighted by atomic mass is 32.1. The van der Waals surface area contributed by atoms with Crippen molar-refractivity contribution in [2.24, 2.45) is 0 Å². The maximum Gasteiger partial charge on any atom is 0.283 e. The van der Waals surface area contributed by atoms with Crippen LogP contribution >= 0.6 is 11.5 Å². The van der Waals surface area contributed by atoms with Crippen LogP contribution in [-0.4, -0.2) is 15.5 Å². The summed E-state index contributed by atoms with van der Waals surface area (Å²) in [4.78, 5) is 12.4. The molecular formula is C12H14N4OS. The molecule has 0 unspecified atom stereocenters. The van der Waals surface area contributed by atoms with E-state index in [4.69, 9.17) is 0 Å². The molecule has 6 heteroatoms. The summed E-state index contributed by atoms with van der Waals surface area (Å²) in [7, 11) is 0. The molecule has 0 aliphatic carbocycles. The van der Waals surface area contributed by atoms with Crippen molar-refractivity contribution >= 4 is 23.1 Å². The van der Waals surface area contributed by atoms with Crippen LogP contribution in [0.2, 0.25) is 0 Å². The van der Waals surface area contributed by atoms with E-state index in [0.717, 1.165) is 22.8 Å². The molecule has 94 valence electrons. The molecule has 1 aromatic heterocycles. The van der Waals surface area contributed by atoms with Gasteiger partial charge in [0.1, 0.15) is 4.88 Å². The Morgan fingerprint density at radius 3 is 2.67 bits per heavy atom. The maximum absolute atomic E-state index is 11.8. The van der Waals surface area contributed by atoms with Gasteiger partial charge < -0.3 is 0 Å². The highest BCUT2D eigenvalue weighted by Gasteiger charge is 2.12. The molecule has 1 heterocycles. The minimum Gasteiger partial charge on any atom is -0.298 e. The number of hydrogen-bond acceptors (Lipinski definition) is 5. The fourth-order valence-corrected chi connectivity index (χ4v) is 2.13. The number of carbonyl (C=O) groups is 1. The molecule has 2 aromatic rings. The van der Waals surface area contributed by atoms with Crippen molar-refractivity contribution in [2.45, 2.75) is 20.8 Å². The zero-order valence-electron chi connectivity index (χ0n) is 10.4. The molecule has 0 atom stereocenters. The van der Waals surface area contributed by atoms with Gasteiger partial charge >= 0.3 is 0 Å². The van der Waals surface area contributed by atoms with Gasteiger partial charge in [0, 0.05) is 0 Å². The maximum atomic E-state index is 11.8. The van der Waals surface area contributed by atoms with Gasteiger partial charge in [-0.2, -0.15) is 0 Å². The third kappa shape index (κ3) is 2.65. The summed E-state index contributed by atoms with van der Waals surface area (Å²) >= 11 is 1.09. The number of aryl methyl sites for hydroxylation is 3. The molecule has 0 fully saturated rings. The van der Waals surface area contributed by atoms with Gasteiger partial charge in [0.15, 0.2) is 0 Å². The van der Waals surface area contributed by atoms with E-state index in [1.165, 1.54) is 5.56 Å². The van der Waals surface area contributed by atoms with Gasteiger partial charge in [0.05, 0.1) is 11.4 Å². The number of hydrazine groups is 1. The Balaban J connectivity index is 2.04. The minimum atomic E-state index is -0.220. The van der Waals surface area contributed by atoms with E-state index in [-0.39, 0.29) is 5.91 Å². The molecule has 2 rings (SSSR count). The Hall–Kier alpha value is -1.95. The van der Waals surface area contributed by atoms with E-state index in [1.54, 1.807) is 6.92 Å². The second-order valence-corrected chi connectivity index (χ2v) is 4.84. The number of amides is 1. The molecular weight excluding hydrogens is 248 g/mol. The van der Waals surface area contributed by atoms with Crippen LogP contribution < -0.4 is 10.9 Å². The summed E-state index contributed by atoms with van der Waals surface area (Å²) in [5.41, 5.74) is 9.33. The molecule has 5 nitrogen and oxygen atoms in total. The number of aromatic nitrogens is 2. The van der Waals surface area contributed by atoms with Crippen LogP contribution in [0.25, 0.3) is 0 Å². The van der Waals surface area contributed by atoms with Gasteiger partial charge in [-0.15, -0.1) is 5.10 Å². The Labute approximate surface area is 109 Å². The van der Waals surface area contributed by atoms with Crippen LogP contribution in [0.3, 0.4) is 0 Å². The highest BCUT2D eigenvalue weighted by Crippen LogP contribution is 2.15. The lowest BCUT2D eigenvalue weighted by Gasteiger charge is -2.10. The molecule has 0 spiro atoms. The smallest absolute Gasteiger partial charge is 0.283 e. The molecule has 1 amide bonds. The van der Waals surface area contributed by atoms with Crippen molar-refractivity contribution in [3.63, 3.8) is 0 Å². The van der Waals surface area contributed by atoms with E-state index < -0.39 is 0 Å². The van der Waals surface area contributed by atoms with Crippen LogP contribution in [0.4, 0.5) is 5.69 Å². The van der Waals surface area contributed by atoms with Crippen LogP contribution in [0.15, 0.2) is 18.2 Å². The molecule has 0 aliphatic heterocycles. The SMILES string of the molecule is Cc1ccc(NNC(=O)c2snnc2C)c(C)c1. The Morgan fingerprint density at radius 2 is 2.06 bits per heavy atom. The summed E-state index contributed by atoms with van der Waals surface area (Å²) < 4.78 is 3.73. The fourth-order valence-electron chi connectivity index (χ4n) is 1.57. The summed E-state index contributed by atoms with van der Waals surface area (Å²) in [5.74, 6) is -0.220. The lowest BCUT2D eigenvalue weighted by atomic mass is 10.1. The largest absolute Gasteiger partial charge is 0.298 e. The molecule has 0 radical (unpaired) electrons. The zero-order chi connectivity index (χ0) is 13.1. The first-order chi connectivity index (χ1) is 8.58. The van der Waals surface area contributed by atoms with E-state index >= 15 is 0 Å². The van der Waals surface area contributed by atoms with Crippen LogP contribution in [-0.2, 0) is 0 Å². The van der Waals surface area contributed by atoms with Crippen molar-refractivity contribution < 1.29 is 4.79 Å². The van der Waals surface area contributed by atoms with Crippen molar-refractivity contribution in [1.29, 1.82) is 0 Å². The molecule has 18 heavy (non-hydrogen) atoms. The minimum absolute atomic E-state index is 0.220. The van der Waals surface area contributed by atoms with E-state index in [0.29, 0.717) is 10.6 Å². The van der Waals surface area contributed by atoms with Gasteiger partial charge in [-0.05, 0) is 43.9 Å². The van der Waals surface area contributed by atoms with Crippen molar-refractivity contribution in [1.82, 2.24) is 15.0 Å². The molecule has 2 N–H and O–H groups in total. The van der Waals surface area contributed by atoms with Crippen LogP contribution in [0.1, 0.15) is 26.5 Å². The lowest BCUT2D eigenvalue weighted by Crippen LogP contribution is -2.29. The Morgan fingerprint density at radius 1 is 1.28 bits per heavy atom. The first-order valence-corrected chi connectivity index (χ1v) is 6.28. The number of anilines is 1. The third-order valence-corrected chi connectivity index (χ3v) is 3.38. The molecule has 0 aliphatic rings. The zero-order valence-corrected chi connectivity index (χ0v) is 11.3. The predicted octanol–water partition coefficient (Wildman–Crippen LogP) is 2.22. The van der Waals surface area contributed by atoms with Crippen LogP contribution in [0, 0.1) is 20.8 Å². The molecule has 0 bridgehead atoms. The quantitative estimate of drug-likeness (QED) is 0.832. The standard InChI is InChI=1S/C12H14N4OS/c1-7-4-5-10(8(2)6-7)14-15-12(17)11-9(3)13-16-18-11/h4-6,14H,1-3H3,(H,15,17). The van der Waals surface area contributed by atoms with Gasteiger partial charge in [-0.25, -0.2) is 0 Å². The molecule has 1 aromatic carbocycles. The second-order valence-electron chi connectivity index (χ2n) is 4.08. The fraction of sp³-hybridized carbons (Fsp3) is 0.250. The summed E-state index contributed by atoms with van der Waals surface area (Å²) in [6.45, 7) is 5.78. The van der Waals surface area contributed by atoms with E-state index in [1.807, 2.05) is 32.0 Å². The topological polar surface area (TPSA) is 66.9 Å². The van der Waals surface area contributed by atoms with E-state index in [2.05, 4.69) is 20.4 Å². The number of hydrogen-bond donors (Lipinski definition) is 2. The van der Waals surface area contributed by atoms with Crippen molar-refractivity contribution in [3.05, 3.63) is 39.9 Å². The average Bonchev–Trinajstić information content (AvgIpc) is 2.74. The predicted molar refractivity (Wildman–Crippen MR) is 71.7 cm³/mol.